The molecule has 0 unspecified atom stereocenters. The van der Waals surface area contributed by atoms with Crippen molar-refractivity contribution in [3.05, 3.63) is 70.8 Å². The van der Waals surface area contributed by atoms with Crippen molar-refractivity contribution in [3.63, 3.8) is 0 Å². The molecule has 0 bridgehead atoms. The molecule has 0 saturated carbocycles. The number of hydrogen-bond donors (Lipinski definition) is 6. The summed E-state index contributed by atoms with van der Waals surface area (Å²) in [5.74, 6) is -0.553. The monoisotopic (exact) mass is 394 g/mol. The molecule has 0 aliphatic heterocycles. The zero-order chi connectivity index (χ0) is 21.2. The standard InChI is InChI=1S/C21H26N6O2/c22-18(23)14-6-4-8-16(12-14)20(28)26-10-2-1-3-11-27-21(29)17-9-5-7-15(13-17)19(24)25/h4-9,12-13H,1-3,10-11H2,(H3,22,23)(H3,24,25)(H,26,28)(H,27,29). The number of benzene rings is 2. The molecule has 0 atom stereocenters. The van der Waals surface area contributed by atoms with E-state index in [9.17, 15) is 9.59 Å². The van der Waals surface area contributed by atoms with Crippen LogP contribution in [0, 0.1) is 10.8 Å². The summed E-state index contributed by atoms with van der Waals surface area (Å²) in [5, 5.41) is 20.5. The van der Waals surface area contributed by atoms with Crippen molar-refractivity contribution in [2.75, 3.05) is 13.1 Å². The van der Waals surface area contributed by atoms with E-state index < -0.39 is 0 Å². The first-order valence-corrected chi connectivity index (χ1v) is 9.34. The average molecular weight is 394 g/mol. The molecule has 0 heterocycles. The van der Waals surface area contributed by atoms with Gasteiger partial charge >= 0.3 is 0 Å². The van der Waals surface area contributed by atoms with E-state index in [1.807, 2.05) is 0 Å². The minimum Gasteiger partial charge on any atom is -0.384 e. The van der Waals surface area contributed by atoms with Crippen LogP contribution < -0.4 is 22.1 Å². The third-order valence-corrected chi connectivity index (χ3v) is 4.30. The van der Waals surface area contributed by atoms with Crippen LogP contribution in [-0.4, -0.2) is 36.6 Å². The molecule has 8 heteroatoms. The second-order valence-corrected chi connectivity index (χ2v) is 6.56. The van der Waals surface area contributed by atoms with Crippen LogP contribution in [0.4, 0.5) is 0 Å². The quantitative estimate of drug-likeness (QED) is 0.205. The van der Waals surface area contributed by atoms with Crippen molar-refractivity contribution in [1.82, 2.24) is 10.6 Å². The predicted molar refractivity (Wildman–Crippen MR) is 113 cm³/mol. The highest BCUT2D eigenvalue weighted by molar-refractivity contribution is 6.00. The third kappa shape index (κ3) is 6.76. The Labute approximate surface area is 169 Å². The first-order valence-electron chi connectivity index (χ1n) is 9.34. The highest BCUT2D eigenvalue weighted by Crippen LogP contribution is 2.06. The summed E-state index contributed by atoms with van der Waals surface area (Å²) in [4.78, 5) is 24.3. The molecule has 0 aromatic heterocycles. The van der Waals surface area contributed by atoms with Crippen LogP contribution in [0.2, 0.25) is 0 Å². The number of carbonyl (C=O) groups is 2. The lowest BCUT2D eigenvalue weighted by Gasteiger charge is -2.08. The molecule has 2 aromatic carbocycles. The van der Waals surface area contributed by atoms with Gasteiger partial charge in [0.1, 0.15) is 11.7 Å². The molecule has 8 N–H and O–H groups in total. The Kier molecular flexibility index (Phi) is 7.90. The maximum Gasteiger partial charge on any atom is 0.251 e. The first-order chi connectivity index (χ1) is 13.9. The highest BCUT2D eigenvalue weighted by Gasteiger charge is 2.08. The van der Waals surface area contributed by atoms with Crippen molar-refractivity contribution in [3.8, 4) is 0 Å². The molecule has 152 valence electrons. The third-order valence-electron chi connectivity index (χ3n) is 4.30. The Morgan fingerprint density at radius 2 is 1.07 bits per heavy atom. The number of amidine groups is 2. The van der Waals surface area contributed by atoms with Gasteiger partial charge in [-0.25, -0.2) is 0 Å². The van der Waals surface area contributed by atoms with Gasteiger partial charge in [0, 0.05) is 35.3 Å². The molecule has 8 nitrogen and oxygen atoms in total. The van der Waals surface area contributed by atoms with Crippen molar-refractivity contribution in [2.24, 2.45) is 11.5 Å². The van der Waals surface area contributed by atoms with Gasteiger partial charge in [0.05, 0.1) is 0 Å². The summed E-state index contributed by atoms with van der Waals surface area (Å²) in [6.07, 6.45) is 2.42. The SMILES string of the molecule is N=C(N)c1cccc(C(=O)NCCCCCNC(=O)c2cccc(C(=N)N)c2)c1. The van der Waals surface area contributed by atoms with Crippen LogP contribution in [0.15, 0.2) is 48.5 Å². The van der Waals surface area contributed by atoms with Crippen LogP contribution in [0.5, 0.6) is 0 Å². The fourth-order valence-corrected chi connectivity index (χ4v) is 2.69. The first kappa shape index (κ1) is 21.6. The molecule has 0 fully saturated rings. The minimum atomic E-state index is -0.202. The summed E-state index contributed by atoms with van der Waals surface area (Å²) < 4.78 is 0. The molecular formula is C21H26N6O2. The molecule has 0 aliphatic carbocycles. The Morgan fingerprint density at radius 3 is 1.45 bits per heavy atom. The Morgan fingerprint density at radius 1 is 0.690 bits per heavy atom. The van der Waals surface area contributed by atoms with Gasteiger partial charge in [-0.1, -0.05) is 24.3 Å². The fraction of sp³-hybridized carbons (Fsp3) is 0.238. The van der Waals surface area contributed by atoms with E-state index in [0.717, 1.165) is 19.3 Å². The predicted octanol–water partition coefficient (Wildman–Crippen LogP) is 1.58. The number of amides is 2. The molecule has 0 radical (unpaired) electrons. The van der Waals surface area contributed by atoms with E-state index in [0.29, 0.717) is 35.3 Å². The van der Waals surface area contributed by atoms with Crippen LogP contribution in [0.1, 0.15) is 51.1 Å². The zero-order valence-corrected chi connectivity index (χ0v) is 16.1. The molecule has 0 spiro atoms. The van der Waals surface area contributed by atoms with E-state index in [4.69, 9.17) is 22.3 Å². The van der Waals surface area contributed by atoms with Crippen LogP contribution in [0.25, 0.3) is 0 Å². The molecule has 0 aliphatic rings. The van der Waals surface area contributed by atoms with Gasteiger partial charge in [-0.2, -0.15) is 0 Å². The maximum atomic E-state index is 12.1. The lowest BCUT2D eigenvalue weighted by molar-refractivity contribution is 0.0947. The van der Waals surface area contributed by atoms with Gasteiger partial charge in [-0.05, 0) is 43.5 Å². The number of nitrogens with two attached hydrogens (primary N) is 2. The number of hydrogen-bond acceptors (Lipinski definition) is 4. The van der Waals surface area contributed by atoms with Gasteiger partial charge in [-0.15, -0.1) is 0 Å². The van der Waals surface area contributed by atoms with E-state index in [-0.39, 0.29) is 23.5 Å². The molecule has 29 heavy (non-hydrogen) atoms. The zero-order valence-electron chi connectivity index (χ0n) is 16.1. The van der Waals surface area contributed by atoms with Crippen LogP contribution in [-0.2, 0) is 0 Å². The topological polar surface area (TPSA) is 158 Å². The highest BCUT2D eigenvalue weighted by atomic mass is 16.2. The molecular weight excluding hydrogens is 368 g/mol. The van der Waals surface area contributed by atoms with Crippen molar-refractivity contribution < 1.29 is 9.59 Å². The number of unbranched alkanes of at least 4 members (excludes halogenated alkanes) is 2. The van der Waals surface area contributed by atoms with Gasteiger partial charge in [0.15, 0.2) is 0 Å². The lowest BCUT2D eigenvalue weighted by atomic mass is 10.1. The minimum absolute atomic E-state index is 0.0743. The van der Waals surface area contributed by atoms with Gasteiger partial charge in [0.2, 0.25) is 0 Å². The Hall–Kier alpha value is -3.68. The summed E-state index contributed by atoms with van der Waals surface area (Å²) >= 11 is 0. The van der Waals surface area contributed by atoms with E-state index in [1.165, 1.54) is 0 Å². The molecule has 2 rings (SSSR count). The van der Waals surface area contributed by atoms with Gasteiger partial charge in [0.25, 0.3) is 11.8 Å². The largest absolute Gasteiger partial charge is 0.384 e. The summed E-state index contributed by atoms with van der Waals surface area (Å²) in [7, 11) is 0. The maximum absolute atomic E-state index is 12.1. The smallest absolute Gasteiger partial charge is 0.251 e. The van der Waals surface area contributed by atoms with Gasteiger partial charge < -0.3 is 22.1 Å². The fourth-order valence-electron chi connectivity index (χ4n) is 2.69. The van der Waals surface area contributed by atoms with Gasteiger partial charge in [-0.3, -0.25) is 20.4 Å². The number of nitrogen functional groups attached to an aromatic ring is 2. The summed E-state index contributed by atoms with van der Waals surface area (Å²) in [6, 6.07) is 13.3. The second kappa shape index (κ2) is 10.6. The number of nitrogens with one attached hydrogen (secondary N) is 4. The average Bonchev–Trinajstić information content (AvgIpc) is 2.72. The van der Waals surface area contributed by atoms with E-state index in [1.54, 1.807) is 48.5 Å². The normalized spacial score (nSPS) is 10.2. The second-order valence-electron chi connectivity index (χ2n) is 6.56. The van der Waals surface area contributed by atoms with E-state index in [2.05, 4.69) is 10.6 Å². The molecule has 2 aromatic rings. The Bertz CT molecular complexity index is 836. The van der Waals surface area contributed by atoms with E-state index >= 15 is 0 Å². The molecule has 0 saturated heterocycles. The number of rotatable bonds is 10. The Balaban J connectivity index is 1.65. The van der Waals surface area contributed by atoms with Crippen molar-refractivity contribution in [2.45, 2.75) is 19.3 Å². The molecule has 2 amide bonds. The summed E-state index contributed by atoms with van der Waals surface area (Å²) in [5.41, 5.74) is 12.8. The van der Waals surface area contributed by atoms with Crippen LogP contribution >= 0.6 is 0 Å². The van der Waals surface area contributed by atoms with Crippen molar-refractivity contribution in [1.29, 1.82) is 10.8 Å². The lowest BCUT2D eigenvalue weighted by Crippen LogP contribution is -2.26. The number of carbonyl (C=O) groups excluding carboxylic acids is 2. The van der Waals surface area contributed by atoms with Crippen molar-refractivity contribution >= 4 is 23.5 Å². The van der Waals surface area contributed by atoms with Crippen LogP contribution in [0.3, 0.4) is 0 Å². The summed E-state index contributed by atoms with van der Waals surface area (Å²) in [6.45, 7) is 1.05.